The molecule has 168 valence electrons. The highest BCUT2D eigenvalue weighted by atomic mass is 19.1. The minimum absolute atomic E-state index is 0.204. The van der Waals surface area contributed by atoms with Crippen LogP contribution in [0, 0.1) is 23.6 Å². The van der Waals surface area contributed by atoms with Gasteiger partial charge in [0.2, 0.25) is 0 Å². The van der Waals surface area contributed by atoms with E-state index in [1.807, 2.05) is 13.0 Å². The molecule has 0 radical (unpaired) electrons. The first-order chi connectivity index (χ1) is 15.1. The van der Waals surface area contributed by atoms with Crippen molar-refractivity contribution in [3.05, 3.63) is 65.5 Å². The van der Waals surface area contributed by atoms with Crippen molar-refractivity contribution in [3.63, 3.8) is 0 Å². The fraction of sp³-hybridized carbons (Fsp3) is 0.586. The monoisotopic (exact) mass is 422 g/mol. The van der Waals surface area contributed by atoms with Crippen LogP contribution in [0.1, 0.15) is 94.6 Å². The van der Waals surface area contributed by atoms with Crippen molar-refractivity contribution in [2.75, 3.05) is 6.61 Å². The average Bonchev–Trinajstić information content (AvgIpc) is 2.82. The molecule has 31 heavy (non-hydrogen) atoms. The Kier molecular flexibility index (Phi) is 7.69. The molecule has 2 aromatic carbocycles. The topological polar surface area (TPSA) is 9.23 Å². The lowest BCUT2D eigenvalue weighted by atomic mass is 9.67. The summed E-state index contributed by atoms with van der Waals surface area (Å²) in [6.07, 6.45) is 12.0. The molecule has 2 heteroatoms. The summed E-state index contributed by atoms with van der Waals surface area (Å²) in [5, 5.41) is 0. The minimum Gasteiger partial charge on any atom is -0.491 e. The molecular weight excluding hydrogens is 383 g/mol. The largest absolute Gasteiger partial charge is 0.491 e. The zero-order valence-electron chi connectivity index (χ0n) is 19.4. The Labute approximate surface area is 188 Å². The van der Waals surface area contributed by atoms with Crippen molar-refractivity contribution in [2.24, 2.45) is 17.8 Å². The maximum atomic E-state index is 14.3. The number of halogens is 1. The molecule has 0 bridgehead atoms. The maximum absolute atomic E-state index is 14.3. The summed E-state index contributed by atoms with van der Waals surface area (Å²) in [6, 6.07) is 16.6. The third kappa shape index (κ3) is 5.70. The Morgan fingerprint density at radius 3 is 2.13 bits per heavy atom. The van der Waals surface area contributed by atoms with E-state index in [-0.39, 0.29) is 5.82 Å². The van der Waals surface area contributed by atoms with Crippen molar-refractivity contribution in [3.8, 4) is 5.75 Å². The molecule has 2 aromatic rings. The molecule has 2 aliphatic carbocycles. The average molecular weight is 423 g/mol. The Morgan fingerprint density at radius 2 is 1.52 bits per heavy atom. The SMILES string of the molecule is CCOc1ccc(C2CCC(C3CCC(C[C@@H](C)c4ccccc4)CC3)CC2)cc1F. The highest BCUT2D eigenvalue weighted by Gasteiger charge is 2.32. The second-order valence-corrected chi connectivity index (χ2v) is 10.1. The van der Waals surface area contributed by atoms with Crippen LogP contribution in [-0.4, -0.2) is 6.61 Å². The minimum atomic E-state index is -0.204. The molecular formula is C29H39FO. The third-order valence-electron chi connectivity index (χ3n) is 8.11. The second kappa shape index (κ2) is 10.7. The van der Waals surface area contributed by atoms with E-state index in [0.717, 1.165) is 23.3 Å². The van der Waals surface area contributed by atoms with E-state index in [4.69, 9.17) is 4.74 Å². The third-order valence-corrected chi connectivity index (χ3v) is 8.11. The molecule has 1 atom stereocenters. The summed E-state index contributed by atoms with van der Waals surface area (Å²) in [4.78, 5) is 0. The molecule has 2 saturated carbocycles. The molecule has 0 saturated heterocycles. The summed E-state index contributed by atoms with van der Waals surface area (Å²) >= 11 is 0. The van der Waals surface area contributed by atoms with E-state index in [1.165, 1.54) is 63.4 Å². The van der Waals surface area contributed by atoms with Crippen LogP contribution in [0.4, 0.5) is 4.39 Å². The zero-order valence-corrected chi connectivity index (χ0v) is 19.4. The van der Waals surface area contributed by atoms with Crippen LogP contribution in [0.2, 0.25) is 0 Å². The number of ether oxygens (including phenoxy) is 1. The summed E-state index contributed by atoms with van der Waals surface area (Å²) in [5.74, 6) is 4.08. The number of hydrogen-bond acceptors (Lipinski definition) is 1. The molecule has 0 N–H and O–H groups in total. The molecule has 0 aromatic heterocycles. The van der Waals surface area contributed by atoms with Gasteiger partial charge in [-0.1, -0.05) is 56.2 Å². The first-order valence-corrected chi connectivity index (χ1v) is 12.6. The standard InChI is InChI=1S/C29H39FO/c1-3-31-29-18-17-27(20-28(29)30)26-15-13-25(14-16-26)24-11-9-22(10-12-24)19-21(2)23-7-5-4-6-8-23/h4-8,17-18,20-22,24-26H,3,9-16,19H2,1-2H3/t21-,22?,24?,25?,26?/m1/s1. The van der Waals surface area contributed by atoms with E-state index in [1.54, 1.807) is 6.07 Å². The first kappa shape index (κ1) is 22.4. The molecule has 4 rings (SSSR count). The van der Waals surface area contributed by atoms with Gasteiger partial charge in [0.15, 0.2) is 11.6 Å². The van der Waals surface area contributed by atoms with Gasteiger partial charge in [-0.25, -0.2) is 4.39 Å². The lowest BCUT2D eigenvalue weighted by Crippen LogP contribution is -2.25. The van der Waals surface area contributed by atoms with E-state index < -0.39 is 0 Å². The highest BCUT2D eigenvalue weighted by molar-refractivity contribution is 5.31. The van der Waals surface area contributed by atoms with Crippen LogP contribution < -0.4 is 4.74 Å². The smallest absolute Gasteiger partial charge is 0.165 e. The van der Waals surface area contributed by atoms with Crippen LogP contribution in [0.15, 0.2) is 48.5 Å². The Morgan fingerprint density at radius 1 is 0.871 bits per heavy atom. The van der Waals surface area contributed by atoms with Crippen molar-refractivity contribution in [1.29, 1.82) is 0 Å². The van der Waals surface area contributed by atoms with Crippen LogP contribution in [0.5, 0.6) is 5.75 Å². The maximum Gasteiger partial charge on any atom is 0.165 e. The normalized spacial score (nSPS) is 27.6. The predicted molar refractivity (Wildman–Crippen MR) is 127 cm³/mol. The number of rotatable bonds is 7. The van der Waals surface area contributed by atoms with Crippen molar-refractivity contribution >= 4 is 0 Å². The fourth-order valence-corrected chi connectivity index (χ4v) is 6.28. The lowest BCUT2D eigenvalue weighted by molar-refractivity contribution is 0.154. The molecule has 0 aliphatic heterocycles. The van der Waals surface area contributed by atoms with Gasteiger partial charge in [0, 0.05) is 0 Å². The van der Waals surface area contributed by atoms with Gasteiger partial charge in [-0.05, 0) is 105 Å². The van der Waals surface area contributed by atoms with Crippen LogP contribution >= 0.6 is 0 Å². The summed E-state index contributed by atoms with van der Waals surface area (Å²) in [7, 11) is 0. The Bertz CT molecular complexity index is 801. The van der Waals surface area contributed by atoms with Gasteiger partial charge < -0.3 is 4.74 Å². The van der Waals surface area contributed by atoms with Crippen LogP contribution in [0.25, 0.3) is 0 Å². The van der Waals surface area contributed by atoms with Gasteiger partial charge in [-0.2, -0.15) is 0 Å². The lowest BCUT2D eigenvalue weighted by Gasteiger charge is -2.38. The summed E-state index contributed by atoms with van der Waals surface area (Å²) in [6.45, 7) is 4.80. The molecule has 2 aliphatic rings. The molecule has 2 fully saturated rings. The fourth-order valence-electron chi connectivity index (χ4n) is 6.28. The molecule has 0 unspecified atom stereocenters. The van der Waals surface area contributed by atoms with Gasteiger partial charge in [0.25, 0.3) is 0 Å². The van der Waals surface area contributed by atoms with E-state index in [0.29, 0.717) is 24.2 Å². The van der Waals surface area contributed by atoms with Gasteiger partial charge in [0.05, 0.1) is 6.61 Å². The van der Waals surface area contributed by atoms with Crippen molar-refractivity contribution < 1.29 is 9.13 Å². The van der Waals surface area contributed by atoms with Gasteiger partial charge >= 0.3 is 0 Å². The van der Waals surface area contributed by atoms with Crippen molar-refractivity contribution in [1.82, 2.24) is 0 Å². The first-order valence-electron chi connectivity index (χ1n) is 12.6. The van der Waals surface area contributed by atoms with Gasteiger partial charge in [-0.3, -0.25) is 0 Å². The molecule has 1 nitrogen and oxygen atoms in total. The Hall–Kier alpha value is -1.83. The second-order valence-electron chi connectivity index (χ2n) is 10.1. The van der Waals surface area contributed by atoms with E-state index in [2.05, 4.69) is 43.3 Å². The summed E-state index contributed by atoms with van der Waals surface area (Å²) < 4.78 is 19.6. The highest BCUT2D eigenvalue weighted by Crippen LogP contribution is 2.45. The van der Waals surface area contributed by atoms with E-state index in [9.17, 15) is 4.39 Å². The molecule has 0 amide bonds. The number of benzene rings is 2. The summed E-state index contributed by atoms with van der Waals surface area (Å²) in [5.41, 5.74) is 2.66. The molecule has 0 heterocycles. The number of hydrogen-bond donors (Lipinski definition) is 0. The quantitative estimate of drug-likeness (QED) is 0.434. The van der Waals surface area contributed by atoms with Gasteiger partial charge in [0.1, 0.15) is 0 Å². The molecule has 0 spiro atoms. The van der Waals surface area contributed by atoms with Crippen molar-refractivity contribution in [2.45, 2.75) is 83.5 Å². The van der Waals surface area contributed by atoms with Crippen LogP contribution in [0.3, 0.4) is 0 Å². The zero-order chi connectivity index (χ0) is 21.6. The van der Waals surface area contributed by atoms with Gasteiger partial charge in [-0.15, -0.1) is 0 Å². The Balaban J connectivity index is 1.23. The predicted octanol–water partition coefficient (Wildman–Crippen LogP) is 8.50. The van der Waals surface area contributed by atoms with E-state index >= 15 is 0 Å². The van der Waals surface area contributed by atoms with Crippen LogP contribution in [-0.2, 0) is 0 Å².